The molecule has 2 aromatic heterocycles. The number of aromatic amines is 1. The minimum Gasteiger partial charge on any atom is -0.386 e. The third-order valence-electron chi connectivity index (χ3n) is 5.97. The lowest BCUT2D eigenvalue weighted by Gasteiger charge is -2.37. The number of para-hydroxylation sites is 1. The third-order valence-corrected chi connectivity index (χ3v) is 6.32. The predicted molar refractivity (Wildman–Crippen MR) is 110 cm³/mol. The average molecular weight is 407 g/mol. The second kappa shape index (κ2) is 6.30. The van der Waals surface area contributed by atoms with Gasteiger partial charge in [-0.3, -0.25) is 5.10 Å². The largest absolute Gasteiger partial charge is 0.386 e. The van der Waals surface area contributed by atoms with Crippen molar-refractivity contribution in [3.8, 4) is 0 Å². The van der Waals surface area contributed by atoms with Crippen molar-refractivity contribution in [3.63, 3.8) is 0 Å². The van der Waals surface area contributed by atoms with E-state index in [1.807, 2.05) is 53.2 Å². The molecular formula is C21H19ClN6O. The van der Waals surface area contributed by atoms with Crippen molar-refractivity contribution in [1.82, 2.24) is 25.2 Å². The molecule has 2 aliphatic rings. The number of hydrogen-bond donors (Lipinski definition) is 3. The Morgan fingerprint density at radius 1 is 1.07 bits per heavy atom. The van der Waals surface area contributed by atoms with Crippen LogP contribution >= 0.6 is 11.6 Å². The molecule has 3 heterocycles. The van der Waals surface area contributed by atoms with Crippen molar-refractivity contribution < 1.29 is 5.11 Å². The fraction of sp³-hybridized carbons (Fsp3) is 0.286. The Bertz CT molecular complexity index is 1210. The standard InChI is InChI=1S/C21H19ClN6O/c22-13-6-2-1-5-12(13)18-19(28-15-8-4-3-7-14(15)24-27-28)20(29)16-17(11-9-10-11)25-26-21(16)23-18/h1-8,11,18-20,29H,9-10H2,(H2,23,25,26)/t18-,19-,20-/m1/s1. The van der Waals surface area contributed by atoms with E-state index in [1.165, 1.54) is 0 Å². The van der Waals surface area contributed by atoms with Gasteiger partial charge >= 0.3 is 0 Å². The molecule has 2 aromatic carbocycles. The number of nitrogens with zero attached hydrogens (tertiary/aromatic N) is 4. The maximum Gasteiger partial charge on any atom is 0.154 e. The maximum absolute atomic E-state index is 11.6. The smallest absolute Gasteiger partial charge is 0.154 e. The zero-order valence-corrected chi connectivity index (χ0v) is 16.2. The van der Waals surface area contributed by atoms with Crippen LogP contribution in [0.2, 0.25) is 5.02 Å². The van der Waals surface area contributed by atoms with Crippen molar-refractivity contribution in [2.75, 3.05) is 5.32 Å². The highest BCUT2D eigenvalue weighted by atomic mass is 35.5. The lowest BCUT2D eigenvalue weighted by Crippen LogP contribution is -2.34. The van der Waals surface area contributed by atoms with Gasteiger partial charge < -0.3 is 10.4 Å². The molecule has 0 amide bonds. The van der Waals surface area contributed by atoms with E-state index in [-0.39, 0.29) is 6.04 Å². The minimum absolute atomic E-state index is 0.313. The lowest BCUT2D eigenvalue weighted by molar-refractivity contribution is 0.0899. The van der Waals surface area contributed by atoms with Crippen LogP contribution in [0.1, 0.15) is 53.8 Å². The average Bonchev–Trinajstić information content (AvgIpc) is 3.35. The van der Waals surface area contributed by atoms with Gasteiger partial charge in [-0.1, -0.05) is 47.1 Å². The van der Waals surface area contributed by atoms with E-state index in [1.54, 1.807) is 0 Å². The first-order chi connectivity index (χ1) is 14.2. The van der Waals surface area contributed by atoms with Gasteiger partial charge in [0, 0.05) is 22.2 Å². The van der Waals surface area contributed by atoms with E-state index in [0.29, 0.717) is 16.8 Å². The molecule has 1 aliphatic heterocycles. The molecule has 8 heteroatoms. The van der Waals surface area contributed by atoms with Crippen LogP contribution in [-0.4, -0.2) is 30.3 Å². The van der Waals surface area contributed by atoms with E-state index in [4.69, 9.17) is 11.6 Å². The summed E-state index contributed by atoms with van der Waals surface area (Å²) in [6.45, 7) is 0. The molecule has 146 valence electrons. The van der Waals surface area contributed by atoms with Crippen molar-refractivity contribution in [2.45, 2.75) is 36.9 Å². The Balaban J connectivity index is 1.56. The number of fused-ring (bicyclic) bond motifs is 2. The quantitative estimate of drug-likeness (QED) is 0.476. The van der Waals surface area contributed by atoms with Crippen LogP contribution in [0, 0.1) is 0 Å². The summed E-state index contributed by atoms with van der Waals surface area (Å²) in [5, 5.41) is 32.1. The summed E-state index contributed by atoms with van der Waals surface area (Å²) >= 11 is 6.55. The highest BCUT2D eigenvalue weighted by Gasteiger charge is 2.44. The topological polar surface area (TPSA) is 91.7 Å². The van der Waals surface area contributed by atoms with Gasteiger partial charge in [0.05, 0.1) is 11.6 Å². The molecule has 0 radical (unpaired) electrons. The summed E-state index contributed by atoms with van der Waals surface area (Å²) in [5.41, 5.74) is 4.40. The Kier molecular flexibility index (Phi) is 3.69. The number of aliphatic hydroxyl groups is 1. The van der Waals surface area contributed by atoms with Crippen LogP contribution in [0.5, 0.6) is 0 Å². The number of halogens is 1. The van der Waals surface area contributed by atoms with Gasteiger partial charge in [0.25, 0.3) is 0 Å². The van der Waals surface area contributed by atoms with Gasteiger partial charge in [0.2, 0.25) is 0 Å². The SMILES string of the molecule is O[C@@H]1c2c(n[nH]c2C2CC2)N[C@H](c2ccccc2Cl)[C@H]1n1nnc2ccccc21. The summed E-state index contributed by atoms with van der Waals surface area (Å²) in [7, 11) is 0. The zero-order chi connectivity index (χ0) is 19.5. The third kappa shape index (κ3) is 2.58. The van der Waals surface area contributed by atoms with Crippen LogP contribution in [-0.2, 0) is 0 Å². The van der Waals surface area contributed by atoms with E-state index < -0.39 is 12.1 Å². The van der Waals surface area contributed by atoms with Crippen molar-refractivity contribution in [2.24, 2.45) is 0 Å². The fourth-order valence-electron chi connectivity index (χ4n) is 4.41. The number of aromatic nitrogens is 5. The van der Waals surface area contributed by atoms with Gasteiger partial charge in [-0.2, -0.15) is 5.10 Å². The number of nitrogens with one attached hydrogen (secondary N) is 2. The Morgan fingerprint density at radius 3 is 2.69 bits per heavy atom. The van der Waals surface area contributed by atoms with Gasteiger partial charge in [-0.25, -0.2) is 4.68 Å². The molecule has 29 heavy (non-hydrogen) atoms. The van der Waals surface area contributed by atoms with Crippen LogP contribution in [0.3, 0.4) is 0 Å². The normalized spacial score (nSPS) is 23.7. The summed E-state index contributed by atoms with van der Waals surface area (Å²) < 4.78 is 1.81. The van der Waals surface area contributed by atoms with E-state index in [2.05, 4.69) is 25.8 Å². The number of aliphatic hydroxyl groups excluding tert-OH is 1. The van der Waals surface area contributed by atoms with Crippen molar-refractivity contribution >= 4 is 28.5 Å². The highest BCUT2D eigenvalue weighted by molar-refractivity contribution is 6.31. The van der Waals surface area contributed by atoms with Gasteiger partial charge in [0.15, 0.2) is 5.82 Å². The molecule has 1 aliphatic carbocycles. The maximum atomic E-state index is 11.6. The molecule has 1 saturated carbocycles. The summed E-state index contributed by atoms with van der Waals surface area (Å²) in [6.07, 6.45) is 1.44. The highest BCUT2D eigenvalue weighted by Crippen LogP contribution is 2.52. The van der Waals surface area contributed by atoms with Crippen LogP contribution in [0.25, 0.3) is 11.0 Å². The summed E-state index contributed by atoms with van der Waals surface area (Å²) in [4.78, 5) is 0. The number of H-pyrrole nitrogens is 1. The first-order valence-corrected chi connectivity index (χ1v) is 10.2. The Morgan fingerprint density at radius 2 is 1.86 bits per heavy atom. The predicted octanol–water partition coefficient (Wildman–Crippen LogP) is 4.13. The molecule has 0 bridgehead atoms. The van der Waals surface area contributed by atoms with Gasteiger partial charge in [-0.05, 0) is 36.6 Å². The Labute approximate surface area is 171 Å². The lowest BCUT2D eigenvalue weighted by atomic mass is 9.87. The molecule has 0 unspecified atom stereocenters. The molecule has 1 fully saturated rings. The van der Waals surface area contributed by atoms with Crippen molar-refractivity contribution in [3.05, 3.63) is 70.4 Å². The van der Waals surface area contributed by atoms with Crippen LogP contribution in [0.15, 0.2) is 48.5 Å². The molecule has 0 spiro atoms. The number of rotatable bonds is 3. The van der Waals surface area contributed by atoms with Crippen molar-refractivity contribution in [1.29, 1.82) is 0 Å². The molecule has 3 atom stereocenters. The second-order valence-corrected chi connectivity index (χ2v) is 8.18. The summed E-state index contributed by atoms with van der Waals surface area (Å²) in [5.74, 6) is 1.12. The first kappa shape index (κ1) is 17.0. The second-order valence-electron chi connectivity index (χ2n) is 7.78. The zero-order valence-electron chi connectivity index (χ0n) is 15.5. The van der Waals surface area contributed by atoms with Crippen LogP contribution < -0.4 is 5.32 Å². The first-order valence-electron chi connectivity index (χ1n) is 9.79. The van der Waals surface area contributed by atoms with E-state index in [9.17, 15) is 5.11 Å². The van der Waals surface area contributed by atoms with E-state index in [0.717, 1.165) is 40.7 Å². The molecule has 7 nitrogen and oxygen atoms in total. The molecule has 6 rings (SSSR count). The minimum atomic E-state index is -0.799. The van der Waals surface area contributed by atoms with E-state index >= 15 is 0 Å². The molecule has 0 saturated heterocycles. The number of anilines is 1. The fourth-order valence-corrected chi connectivity index (χ4v) is 4.67. The number of benzene rings is 2. The molecular weight excluding hydrogens is 388 g/mol. The Hall–Kier alpha value is -2.90. The summed E-state index contributed by atoms with van der Waals surface area (Å²) in [6, 6.07) is 14.7. The molecule has 4 aromatic rings. The van der Waals surface area contributed by atoms with Gasteiger partial charge in [0.1, 0.15) is 17.7 Å². The number of hydrogen-bond acceptors (Lipinski definition) is 5. The monoisotopic (exact) mass is 406 g/mol. The van der Waals surface area contributed by atoms with Gasteiger partial charge in [-0.15, -0.1) is 5.10 Å². The van der Waals surface area contributed by atoms with Crippen LogP contribution in [0.4, 0.5) is 5.82 Å². The molecule has 3 N–H and O–H groups in total.